The third kappa shape index (κ3) is 3.12. The summed E-state index contributed by atoms with van der Waals surface area (Å²) in [5.41, 5.74) is 2.29. The molecule has 0 spiro atoms. The van der Waals surface area contributed by atoms with Gasteiger partial charge in [0.1, 0.15) is 23.4 Å². The quantitative estimate of drug-likeness (QED) is 0.769. The molecule has 4 heteroatoms. The molecule has 0 aliphatic carbocycles. The highest BCUT2D eigenvalue weighted by Gasteiger charge is 2.05. The number of rotatable bonds is 3. The zero-order valence-corrected chi connectivity index (χ0v) is 11.9. The molecular formula is C15H11BrFNO. The molecule has 0 radical (unpaired) electrons. The number of hydrogen-bond acceptors (Lipinski definition) is 2. The first-order chi connectivity index (χ1) is 9.13. The molecule has 2 aromatic rings. The molecular weight excluding hydrogens is 309 g/mol. The zero-order valence-electron chi connectivity index (χ0n) is 10.3. The molecule has 2 aromatic carbocycles. The predicted octanol–water partition coefficient (Wildman–Crippen LogP) is 4.69. The molecule has 0 aromatic heterocycles. The second kappa shape index (κ2) is 5.85. The fourth-order valence-corrected chi connectivity index (χ4v) is 2.30. The molecule has 0 fully saturated rings. The van der Waals surface area contributed by atoms with Crippen molar-refractivity contribution in [2.45, 2.75) is 12.3 Å². The Morgan fingerprint density at radius 3 is 2.47 bits per heavy atom. The number of ether oxygens (including phenoxy) is 1. The van der Waals surface area contributed by atoms with Crippen LogP contribution < -0.4 is 4.74 Å². The molecule has 0 heterocycles. The number of aryl methyl sites for hydroxylation is 1. The van der Waals surface area contributed by atoms with Crippen molar-refractivity contribution in [3.63, 3.8) is 0 Å². The minimum atomic E-state index is -0.575. The van der Waals surface area contributed by atoms with Crippen LogP contribution in [0, 0.1) is 24.1 Å². The summed E-state index contributed by atoms with van der Waals surface area (Å²) in [5, 5.41) is 9.44. The Bertz CT molecular complexity index is 649. The normalized spacial score (nSPS) is 10.0. The molecule has 2 rings (SSSR count). The van der Waals surface area contributed by atoms with Crippen LogP contribution in [0.3, 0.4) is 0 Å². The van der Waals surface area contributed by atoms with Crippen LogP contribution in [0.2, 0.25) is 0 Å². The smallest absolute Gasteiger partial charge is 0.144 e. The molecule has 0 saturated carbocycles. The zero-order chi connectivity index (χ0) is 13.8. The lowest BCUT2D eigenvalue weighted by Crippen LogP contribution is -1.90. The van der Waals surface area contributed by atoms with Gasteiger partial charge in [-0.2, -0.15) is 5.26 Å². The Morgan fingerprint density at radius 1 is 1.21 bits per heavy atom. The van der Waals surface area contributed by atoms with E-state index < -0.39 is 5.82 Å². The lowest BCUT2D eigenvalue weighted by atomic mass is 10.1. The molecule has 0 bridgehead atoms. The van der Waals surface area contributed by atoms with Gasteiger partial charge in [-0.3, -0.25) is 0 Å². The van der Waals surface area contributed by atoms with E-state index in [9.17, 15) is 4.39 Å². The minimum absolute atomic E-state index is 0.0122. The first kappa shape index (κ1) is 13.6. The molecule has 96 valence electrons. The first-order valence-corrected chi connectivity index (χ1v) is 6.79. The van der Waals surface area contributed by atoms with Crippen molar-refractivity contribution in [2.24, 2.45) is 0 Å². The van der Waals surface area contributed by atoms with Crippen LogP contribution in [0.4, 0.5) is 4.39 Å². The summed E-state index contributed by atoms with van der Waals surface area (Å²) >= 11 is 3.40. The van der Waals surface area contributed by atoms with Gasteiger partial charge in [0.25, 0.3) is 0 Å². The highest BCUT2D eigenvalue weighted by molar-refractivity contribution is 9.08. The second-order valence-electron chi connectivity index (χ2n) is 4.08. The largest absolute Gasteiger partial charge is 0.457 e. The Balaban J connectivity index is 2.24. The average molecular weight is 320 g/mol. The third-order valence-corrected chi connectivity index (χ3v) is 3.36. The Morgan fingerprint density at radius 2 is 1.89 bits per heavy atom. The van der Waals surface area contributed by atoms with Crippen molar-refractivity contribution in [1.29, 1.82) is 5.26 Å². The van der Waals surface area contributed by atoms with Gasteiger partial charge in [0.05, 0.1) is 5.56 Å². The van der Waals surface area contributed by atoms with Crippen LogP contribution >= 0.6 is 15.9 Å². The Labute approximate surface area is 119 Å². The molecule has 0 atom stereocenters. The second-order valence-corrected chi connectivity index (χ2v) is 4.64. The lowest BCUT2D eigenvalue weighted by Gasteiger charge is -2.09. The Hall–Kier alpha value is -1.86. The van der Waals surface area contributed by atoms with E-state index in [0.717, 1.165) is 10.9 Å². The van der Waals surface area contributed by atoms with Crippen LogP contribution in [-0.2, 0) is 5.33 Å². The van der Waals surface area contributed by atoms with Gasteiger partial charge in [-0.25, -0.2) is 4.39 Å². The predicted molar refractivity (Wildman–Crippen MR) is 75.0 cm³/mol. The topological polar surface area (TPSA) is 33.0 Å². The van der Waals surface area contributed by atoms with Gasteiger partial charge in [0.15, 0.2) is 0 Å². The summed E-state index contributed by atoms with van der Waals surface area (Å²) in [5.74, 6) is 0.447. The third-order valence-electron chi connectivity index (χ3n) is 2.75. The maximum Gasteiger partial charge on any atom is 0.144 e. The molecule has 0 unspecified atom stereocenters. The van der Waals surface area contributed by atoms with E-state index in [0.29, 0.717) is 11.5 Å². The van der Waals surface area contributed by atoms with E-state index in [1.165, 1.54) is 17.7 Å². The number of halogens is 2. The number of alkyl halides is 1. The van der Waals surface area contributed by atoms with Gasteiger partial charge >= 0.3 is 0 Å². The van der Waals surface area contributed by atoms with E-state index >= 15 is 0 Å². The molecule has 0 N–H and O–H groups in total. The summed E-state index contributed by atoms with van der Waals surface area (Å²) in [4.78, 5) is 0. The van der Waals surface area contributed by atoms with Gasteiger partial charge in [-0.15, -0.1) is 0 Å². The van der Waals surface area contributed by atoms with Gasteiger partial charge in [0.2, 0.25) is 0 Å². The van der Waals surface area contributed by atoms with Gasteiger partial charge in [0, 0.05) is 11.4 Å². The highest BCUT2D eigenvalue weighted by atomic mass is 79.9. The number of benzene rings is 2. The van der Waals surface area contributed by atoms with Gasteiger partial charge < -0.3 is 4.74 Å². The highest BCUT2D eigenvalue weighted by Crippen LogP contribution is 2.26. The Kier molecular flexibility index (Phi) is 4.18. The number of nitriles is 1. The van der Waals surface area contributed by atoms with E-state index in [2.05, 4.69) is 15.9 Å². The van der Waals surface area contributed by atoms with Crippen LogP contribution in [0.25, 0.3) is 0 Å². The van der Waals surface area contributed by atoms with E-state index in [1.54, 1.807) is 12.1 Å². The van der Waals surface area contributed by atoms with Crippen LogP contribution in [-0.4, -0.2) is 0 Å². The summed E-state index contributed by atoms with van der Waals surface area (Å²) in [6.45, 7) is 1.99. The average Bonchev–Trinajstić information content (AvgIpc) is 2.39. The van der Waals surface area contributed by atoms with Crippen molar-refractivity contribution in [1.82, 2.24) is 0 Å². The van der Waals surface area contributed by atoms with E-state index in [-0.39, 0.29) is 5.56 Å². The van der Waals surface area contributed by atoms with E-state index in [1.807, 2.05) is 25.1 Å². The maximum atomic E-state index is 13.4. The monoisotopic (exact) mass is 319 g/mol. The summed E-state index contributed by atoms with van der Waals surface area (Å²) < 4.78 is 19.0. The molecule has 0 aliphatic heterocycles. The van der Waals surface area contributed by atoms with Crippen LogP contribution in [0.1, 0.15) is 16.7 Å². The summed E-state index contributed by atoms with van der Waals surface area (Å²) in [6.07, 6.45) is 0. The SMILES string of the molecule is Cc1cc(Oc2ccc(C#N)c(F)c2)ccc1CBr. The number of hydrogen-bond donors (Lipinski definition) is 0. The molecule has 0 saturated heterocycles. The van der Waals surface area contributed by atoms with Gasteiger partial charge in [-0.05, 0) is 42.3 Å². The van der Waals surface area contributed by atoms with Crippen molar-refractivity contribution in [2.75, 3.05) is 0 Å². The van der Waals surface area contributed by atoms with Crippen molar-refractivity contribution in [3.8, 4) is 17.6 Å². The van der Waals surface area contributed by atoms with Crippen LogP contribution in [0.15, 0.2) is 36.4 Å². The molecule has 2 nitrogen and oxygen atoms in total. The number of nitrogens with zero attached hydrogens (tertiary/aromatic N) is 1. The standard InChI is InChI=1S/C15H11BrFNO/c1-10-6-13(4-2-11(10)8-16)19-14-5-3-12(9-18)15(17)7-14/h2-7H,8H2,1H3. The van der Waals surface area contributed by atoms with E-state index in [4.69, 9.17) is 10.00 Å². The van der Waals surface area contributed by atoms with Crippen molar-refractivity contribution >= 4 is 15.9 Å². The maximum absolute atomic E-state index is 13.4. The molecule has 0 amide bonds. The fourth-order valence-electron chi connectivity index (χ4n) is 1.67. The van der Waals surface area contributed by atoms with Gasteiger partial charge in [-0.1, -0.05) is 22.0 Å². The first-order valence-electron chi connectivity index (χ1n) is 5.67. The minimum Gasteiger partial charge on any atom is -0.457 e. The lowest BCUT2D eigenvalue weighted by molar-refractivity contribution is 0.476. The van der Waals surface area contributed by atoms with Crippen molar-refractivity contribution < 1.29 is 9.13 Å². The van der Waals surface area contributed by atoms with Crippen molar-refractivity contribution in [3.05, 3.63) is 58.9 Å². The molecule has 19 heavy (non-hydrogen) atoms. The molecule has 0 aliphatic rings. The summed E-state index contributed by atoms with van der Waals surface area (Å²) in [6, 6.07) is 11.7. The van der Waals surface area contributed by atoms with Crippen LogP contribution in [0.5, 0.6) is 11.5 Å². The summed E-state index contributed by atoms with van der Waals surface area (Å²) in [7, 11) is 0. The fraction of sp³-hybridized carbons (Fsp3) is 0.133.